The summed E-state index contributed by atoms with van der Waals surface area (Å²) in [7, 11) is 0. The minimum Gasteiger partial charge on any atom is -0.113 e. The molecule has 0 rings (SSSR count). The van der Waals surface area contributed by atoms with Crippen molar-refractivity contribution in [2.45, 2.75) is 26.2 Å². The summed E-state index contributed by atoms with van der Waals surface area (Å²) >= 11 is 12.6. The summed E-state index contributed by atoms with van der Waals surface area (Å²) in [4.78, 5) is 0. The third kappa shape index (κ3) is 6.79. The van der Waals surface area contributed by atoms with Gasteiger partial charge in [0, 0.05) is 5.54 Å². The molecule has 0 aromatic carbocycles. The van der Waals surface area contributed by atoms with Crippen molar-refractivity contribution >= 4 is 35.0 Å². The van der Waals surface area contributed by atoms with E-state index in [0.29, 0.717) is 4.36 Å². The molecule has 0 fully saturated rings. The van der Waals surface area contributed by atoms with Gasteiger partial charge < -0.3 is 0 Å². The standard InChI is InChI=1S/C7H12Cl2S/c1-2-3-4-5-10-7(9)6-8/h6H,2-5H2,1H3/b7-6+. The number of hydrogen-bond acceptors (Lipinski definition) is 1. The van der Waals surface area contributed by atoms with E-state index in [2.05, 4.69) is 6.92 Å². The molecule has 0 aromatic heterocycles. The fourth-order valence-electron chi connectivity index (χ4n) is 0.553. The SMILES string of the molecule is CCCCCS/C(Cl)=C/Cl. The van der Waals surface area contributed by atoms with Crippen LogP contribution in [-0.4, -0.2) is 5.75 Å². The molecule has 0 radical (unpaired) electrons. The van der Waals surface area contributed by atoms with Crippen LogP contribution in [0.15, 0.2) is 9.90 Å². The monoisotopic (exact) mass is 198 g/mol. The summed E-state index contributed by atoms with van der Waals surface area (Å²) in [6.07, 6.45) is 3.75. The van der Waals surface area contributed by atoms with Gasteiger partial charge in [0.15, 0.2) is 0 Å². The van der Waals surface area contributed by atoms with Crippen LogP contribution < -0.4 is 0 Å². The second-order valence-electron chi connectivity index (χ2n) is 1.97. The van der Waals surface area contributed by atoms with Crippen LogP contribution in [-0.2, 0) is 0 Å². The molecular weight excluding hydrogens is 187 g/mol. The van der Waals surface area contributed by atoms with Gasteiger partial charge in [-0.05, 0) is 12.2 Å². The van der Waals surface area contributed by atoms with Crippen LogP contribution in [0.4, 0.5) is 0 Å². The maximum absolute atomic E-state index is 5.64. The van der Waals surface area contributed by atoms with Crippen molar-refractivity contribution in [2.75, 3.05) is 5.75 Å². The Hall–Kier alpha value is 0.670. The average Bonchev–Trinajstić information content (AvgIpc) is 1.98. The molecule has 0 unspecified atom stereocenters. The lowest BCUT2D eigenvalue weighted by Gasteiger charge is -1.96. The van der Waals surface area contributed by atoms with E-state index in [0.717, 1.165) is 5.75 Å². The van der Waals surface area contributed by atoms with Crippen LogP contribution in [0.3, 0.4) is 0 Å². The van der Waals surface area contributed by atoms with Crippen molar-refractivity contribution in [3.8, 4) is 0 Å². The molecule has 0 bridgehead atoms. The highest BCUT2D eigenvalue weighted by Crippen LogP contribution is 2.21. The summed E-state index contributed by atoms with van der Waals surface area (Å²) in [5.41, 5.74) is 1.41. The maximum atomic E-state index is 5.64. The summed E-state index contributed by atoms with van der Waals surface area (Å²) in [5.74, 6) is 1.08. The Morgan fingerprint density at radius 1 is 1.50 bits per heavy atom. The van der Waals surface area contributed by atoms with Gasteiger partial charge in [0.1, 0.15) is 0 Å². The summed E-state index contributed by atoms with van der Waals surface area (Å²) in [6.45, 7) is 2.18. The largest absolute Gasteiger partial charge is 0.113 e. The minimum atomic E-state index is 0.692. The highest BCUT2D eigenvalue weighted by molar-refractivity contribution is 8.04. The van der Waals surface area contributed by atoms with E-state index in [1.807, 2.05) is 0 Å². The fraction of sp³-hybridized carbons (Fsp3) is 0.714. The second-order valence-corrected chi connectivity index (χ2v) is 3.96. The van der Waals surface area contributed by atoms with Gasteiger partial charge in [-0.1, -0.05) is 43.0 Å². The normalized spacial score (nSPS) is 12.1. The average molecular weight is 199 g/mol. The van der Waals surface area contributed by atoms with Crippen molar-refractivity contribution < 1.29 is 0 Å². The van der Waals surface area contributed by atoms with E-state index >= 15 is 0 Å². The first kappa shape index (κ1) is 10.7. The molecule has 0 aliphatic carbocycles. The topological polar surface area (TPSA) is 0 Å². The Kier molecular flexibility index (Phi) is 8.29. The van der Waals surface area contributed by atoms with Crippen molar-refractivity contribution in [1.82, 2.24) is 0 Å². The third-order valence-electron chi connectivity index (χ3n) is 1.07. The van der Waals surface area contributed by atoms with Crippen molar-refractivity contribution in [1.29, 1.82) is 0 Å². The first-order chi connectivity index (χ1) is 4.81. The smallest absolute Gasteiger partial charge is 0.0848 e. The van der Waals surface area contributed by atoms with E-state index in [1.165, 1.54) is 24.8 Å². The van der Waals surface area contributed by atoms with Crippen LogP contribution in [0.25, 0.3) is 0 Å². The third-order valence-corrected chi connectivity index (χ3v) is 2.86. The van der Waals surface area contributed by atoms with Crippen molar-refractivity contribution in [3.05, 3.63) is 9.90 Å². The molecule has 0 aromatic rings. The molecule has 3 heteroatoms. The van der Waals surface area contributed by atoms with Crippen molar-refractivity contribution in [2.24, 2.45) is 0 Å². The zero-order chi connectivity index (χ0) is 7.82. The van der Waals surface area contributed by atoms with Crippen LogP contribution in [0.1, 0.15) is 26.2 Å². The van der Waals surface area contributed by atoms with E-state index < -0.39 is 0 Å². The number of hydrogen-bond donors (Lipinski definition) is 0. The molecule has 0 saturated heterocycles. The number of thioether (sulfide) groups is 1. The molecule has 0 N–H and O–H groups in total. The highest BCUT2D eigenvalue weighted by Gasteiger charge is 1.91. The Morgan fingerprint density at radius 2 is 2.20 bits per heavy atom. The lowest BCUT2D eigenvalue weighted by molar-refractivity contribution is 0.779. The Morgan fingerprint density at radius 3 is 2.70 bits per heavy atom. The molecule has 0 atom stereocenters. The van der Waals surface area contributed by atoms with Crippen LogP contribution >= 0.6 is 35.0 Å². The minimum absolute atomic E-state index is 0.692. The van der Waals surface area contributed by atoms with Crippen molar-refractivity contribution in [3.63, 3.8) is 0 Å². The quantitative estimate of drug-likeness (QED) is 0.598. The number of unbranched alkanes of at least 4 members (excludes halogenated alkanes) is 2. The van der Waals surface area contributed by atoms with Gasteiger partial charge in [-0.3, -0.25) is 0 Å². The molecule has 0 amide bonds. The summed E-state index contributed by atoms with van der Waals surface area (Å²) in [6, 6.07) is 0. The Balaban J connectivity index is 3.04. The van der Waals surface area contributed by atoms with Crippen LogP contribution in [0, 0.1) is 0 Å². The van der Waals surface area contributed by atoms with Crippen LogP contribution in [0.5, 0.6) is 0 Å². The zero-order valence-corrected chi connectivity index (χ0v) is 8.40. The van der Waals surface area contributed by atoms with Gasteiger partial charge >= 0.3 is 0 Å². The van der Waals surface area contributed by atoms with Gasteiger partial charge in [-0.25, -0.2) is 0 Å². The number of halogens is 2. The molecule has 0 aliphatic heterocycles. The molecule has 0 nitrogen and oxygen atoms in total. The highest BCUT2D eigenvalue weighted by atomic mass is 35.5. The zero-order valence-electron chi connectivity index (χ0n) is 6.07. The first-order valence-electron chi connectivity index (χ1n) is 3.40. The second kappa shape index (κ2) is 7.77. The molecule has 0 aliphatic rings. The van der Waals surface area contributed by atoms with Gasteiger partial charge in [-0.2, -0.15) is 0 Å². The fourth-order valence-corrected chi connectivity index (χ4v) is 1.58. The Labute approximate surface area is 77.0 Å². The van der Waals surface area contributed by atoms with E-state index in [1.54, 1.807) is 11.8 Å². The number of rotatable bonds is 5. The van der Waals surface area contributed by atoms with Crippen LogP contribution in [0.2, 0.25) is 0 Å². The van der Waals surface area contributed by atoms with E-state index in [4.69, 9.17) is 23.2 Å². The molecule has 60 valence electrons. The molecular formula is C7H12Cl2S. The van der Waals surface area contributed by atoms with Gasteiger partial charge in [0.25, 0.3) is 0 Å². The first-order valence-corrected chi connectivity index (χ1v) is 5.20. The molecule has 0 spiro atoms. The summed E-state index contributed by atoms with van der Waals surface area (Å²) in [5, 5.41) is 0. The predicted molar refractivity (Wildman–Crippen MR) is 51.8 cm³/mol. The van der Waals surface area contributed by atoms with Gasteiger partial charge in [0.2, 0.25) is 0 Å². The van der Waals surface area contributed by atoms with Gasteiger partial charge in [-0.15, -0.1) is 11.8 Å². The lowest BCUT2D eigenvalue weighted by atomic mass is 10.3. The predicted octanol–water partition coefficient (Wildman–Crippen LogP) is 4.19. The Bertz CT molecular complexity index is 102. The summed E-state index contributed by atoms with van der Waals surface area (Å²) < 4.78 is 0.692. The van der Waals surface area contributed by atoms with Gasteiger partial charge in [0.05, 0.1) is 4.36 Å². The van der Waals surface area contributed by atoms with E-state index in [9.17, 15) is 0 Å². The maximum Gasteiger partial charge on any atom is 0.0848 e. The molecule has 0 saturated carbocycles. The lowest BCUT2D eigenvalue weighted by Crippen LogP contribution is -1.77. The van der Waals surface area contributed by atoms with E-state index in [-0.39, 0.29) is 0 Å². The molecule has 10 heavy (non-hydrogen) atoms. The molecule has 0 heterocycles.